The molecule has 0 unspecified atom stereocenters. The smallest absolute Gasteiger partial charge is 0.407 e. The van der Waals surface area contributed by atoms with Crippen molar-refractivity contribution >= 4 is 11.8 Å². The van der Waals surface area contributed by atoms with Crippen molar-refractivity contribution in [2.24, 2.45) is 0 Å². The van der Waals surface area contributed by atoms with Crippen molar-refractivity contribution in [2.75, 3.05) is 45.4 Å². The molecule has 1 fully saturated rings. The number of piperazine rings is 1. The standard InChI is InChI=1S/C19H26N4O4/c1-13-5-6-14(2)23(13)18-9-17(27-4)16(10-20-18)21-7-8-22(19(24)25)15(11-21)12-26-3/h5-6,9-10,15H,7-8,11-12H2,1-4H3,(H,24,25)/t15-/m1/s1. The van der Waals surface area contributed by atoms with Crippen LogP contribution in [-0.4, -0.2) is 72.2 Å². The number of anilines is 1. The highest BCUT2D eigenvalue weighted by Crippen LogP contribution is 2.31. The molecule has 146 valence electrons. The molecule has 0 bridgehead atoms. The van der Waals surface area contributed by atoms with Crippen LogP contribution in [0.15, 0.2) is 24.4 Å². The summed E-state index contributed by atoms with van der Waals surface area (Å²) in [6.45, 7) is 5.93. The van der Waals surface area contributed by atoms with Crippen LogP contribution in [0, 0.1) is 13.8 Å². The fourth-order valence-electron chi connectivity index (χ4n) is 3.63. The number of carboxylic acid groups (broad SMARTS) is 1. The molecule has 1 atom stereocenters. The molecule has 0 radical (unpaired) electrons. The van der Waals surface area contributed by atoms with Crippen LogP contribution in [0.3, 0.4) is 0 Å². The van der Waals surface area contributed by atoms with Crippen molar-refractivity contribution < 1.29 is 19.4 Å². The van der Waals surface area contributed by atoms with Crippen LogP contribution in [0.5, 0.6) is 5.75 Å². The Morgan fingerprint density at radius 1 is 1.26 bits per heavy atom. The number of rotatable bonds is 5. The molecule has 0 aromatic carbocycles. The SMILES string of the molecule is COC[C@H]1CN(c2cnc(-n3c(C)ccc3C)cc2OC)CCN1C(=O)O. The van der Waals surface area contributed by atoms with Crippen LogP contribution in [-0.2, 0) is 4.74 Å². The van der Waals surface area contributed by atoms with Crippen LogP contribution >= 0.6 is 0 Å². The van der Waals surface area contributed by atoms with Gasteiger partial charge in [-0.15, -0.1) is 0 Å². The number of carbonyl (C=O) groups is 1. The van der Waals surface area contributed by atoms with E-state index in [1.807, 2.05) is 19.9 Å². The highest BCUT2D eigenvalue weighted by Gasteiger charge is 2.31. The summed E-state index contributed by atoms with van der Waals surface area (Å²) in [5.74, 6) is 1.51. The van der Waals surface area contributed by atoms with Gasteiger partial charge in [0.05, 0.1) is 31.6 Å². The van der Waals surface area contributed by atoms with Gasteiger partial charge >= 0.3 is 6.09 Å². The fourth-order valence-corrected chi connectivity index (χ4v) is 3.63. The van der Waals surface area contributed by atoms with E-state index in [0.29, 0.717) is 32.0 Å². The molecule has 8 heteroatoms. The Bertz CT molecular complexity index is 801. The minimum atomic E-state index is -0.921. The summed E-state index contributed by atoms with van der Waals surface area (Å²) in [6, 6.07) is 5.79. The number of aromatic nitrogens is 2. The Kier molecular flexibility index (Phi) is 5.55. The molecule has 8 nitrogen and oxygen atoms in total. The van der Waals surface area contributed by atoms with Crippen molar-refractivity contribution in [3.05, 3.63) is 35.8 Å². The van der Waals surface area contributed by atoms with Crippen LogP contribution in [0.1, 0.15) is 11.4 Å². The lowest BCUT2D eigenvalue weighted by Crippen LogP contribution is -2.56. The van der Waals surface area contributed by atoms with Gasteiger partial charge in [0.25, 0.3) is 0 Å². The molecular formula is C19H26N4O4. The zero-order chi connectivity index (χ0) is 19.6. The minimum Gasteiger partial charge on any atom is -0.494 e. The molecule has 0 aliphatic carbocycles. The molecule has 1 N–H and O–H groups in total. The maximum atomic E-state index is 11.5. The van der Waals surface area contributed by atoms with E-state index in [1.165, 1.54) is 4.90 Å². The molecule has 27 heavy (non-hydrogen) atoms. The number of hydrogen-bond acceptors (Lipinski definition) is 5. The van der Waals surface area contributed by atoms with E-state index in [0.717, 1.165) is 22.9 Å². The van der Waals surface area contributed by atoms with Gasteiger partial charge in [-0.05, 0) is 26.0 Å². The van der Waals surface area contributed by atoms with Gasteiger partial charge in [-0.25, -0.2) is 9.78 Å². The van der Waals surface area contributed by atoms with Crippen LogP contribution in [0.25, 0.3) is 5.82 Å². The number of ether oxygens (including phenoxy) is 2. The first-order valence-electron chi connectivity index (χ1n) is 8.89. The fraction of sp³-hybridized carbons (Fsp3) is 0.474. The van der Waals surface area contributed by atoms with Gasteiger partial charge < -0.3 is 24.0 Å². The summed E-state index contributed by atoms with van der Waals surface area (Å²) < 4.78 is 12.9. The van der Waals surface area contributed by atoms with E-state index in [9.17, 15) is 9.90 Å². The van der Waals surface area contributed by atoms with E-state index >= 15 is 0 Å². The molecule has 1 aliphatic rings. The predicted molar refractivity (Wildman–Crippen MR) is 102 cm³/mol. The Morgan fingerprint density at radius 2 is 1.96 bits per heavy atom. The van der Waals surface area contributed by atoms with E-state index < -0.39 is 6.09 Å². The normalized spacial score (nSPS) is 17.3. The van der Waals surface area contributed by atoms with E-state index in [4.69, 9.17) is 9.47 Å². The lowest BCUT2D eigenvalue weighted by molar-refractivity contribution is 0.0736. The van der Waals surface area contributed by atoms with Crippen molar-refractivity contribution in [1.29, 1.82) is 0 Å². The molecule has 1 aliphatic heterocycles. The third kappa shape index (κ3) is 3.71. The average Bonchev–Trinajstić information content (AvgIpc) is 2.99. The van der Waals surface area contributed by atoms with E-state index in [-0.39, 0.29) is 6.04 Å². The monoisotopic (exact) mass is 374 g/mol. The second-order valence-corrected chi connectivity index (χ2v) is 6.70. The second-order valence-electron chi connectivity index (χ2n) is 6.70. The molecule has 0 spiro atoms. The average molecular weight is 374 g/mol. The van der Waals surface area contributed by atoms with Gasteiger partial charge in [0.2, 0.25) is 0 Å². The summed E-state index contributed by atoms with van der Waals surface area (Å²) in [6.07, 6.45) is 0.878. The number of methoxy groups -OCH3 is 2. The molecule has 1 saturated heterocycles. The highest BCUT2D eigenvalue weighted by atomic mass is 16.5. The van der Waals surface area contributed by atoms with Crippen molar-refractivity contribution in [3.8, 4) is 11.6 Å². The first-order chi connectivity index (χ1) is 13.0. The second kappa shape index (κ2) is 7.87. The third-order valence-electron chi connectivity index (χ3n) is 4.98. The summed E-state index contributed by atoms with van der Waals surface area (Å²) in [7, 11) is 3.22. The van der Waals surface area contributed by atoms with Gasteiger partial charge in [-0.2, -0.15) is 0 Å². The lowest BCUT2D eigenvalue weighted by atomic mass is 10.1. The topological polar surface area (TPSA) is 80.1 Å². The Morgan fingerprint density at radius 3 is 2.56 bits per heavy atom. The number of nitrogens with zero attached hydrogens (tertiary/aromatic N) is 4. The Balaban J connectivity index is 1.89. The summed E-state index contributed by atoms with van der Waals surface area (Å²) in [5.41, 5.74) is 3.06. The van der Waals surface area contributed by atoms with E-state index in [2.05, 4.69) is 26.6 Å². The van der Waals surface area contributed by atoms with Crippen LogP contribution in [0.4, 0.5) is 10.5 Å². The van der Waals surface area contributed by atoms with Gasteiger partial charge in [-0.1, -0.05) is 0 Å². The van der Waals surface area contributed by atoms with Gasteiger partial charge in [0.15, 0.2) is 0 Å². The van der Waals surface area contributed by atoms with Gasteiger partial charge in [0.1, 0.15) is 11.6 Å². The number of aryl methyl sites for hydroxylation is 2. The first-order valence-corrected chi connectivity index (χ1v) is 8.89. The van der Waals surface area contributed by atoms with Gasteiger partial charge in [0, 0.05) is 44.2 Å². The summed E-state index contributed by atoms with van der Waals surface area (Å²) in [5, 5.41) is 9.40. The van der Waals surface area contributed by atoms with Crippen molar-refractivity contribution in [2.45, 2.75) is 19.9 Å². The van der Waals surface area contributed by atoms with Crippen molar-refractivity contribution in [3.63, 3.8) is 0 Å². The molecule has 2 aromatic heterocycles. The first kappa shape index (κ1) is 19.0. The third-order valence-corrected chi connectivity index (χ3v) is 4.98. The molecule has 1 amide bonds. The number of hydrogen-bond donors (Lipinski definition) is 1. The number of amides is 1. The predicted octanol–water partition coefficient (Wildman–Crippen LogP) is 2.31. The summed E-state index contributed by atoms with van der Waals surface area (Å²) >= 11 is 0. The Hall–Kier alpha value is -2.74. The molecular weight excluding hydrogens is 348 g/mol. The molecule has 3 heterocycles. The minimum absolute atomic E-state index is 0.237. The van der Waals surface area contributed by atoms with Crippen molar-refractivity contribution in [1.82, 2.24) is 14.5 Å². The lowest BCUT2D eigenvalue weighted by Gasteiger charge is -2.40. The van der Waals surface area contributed by atoms with Crippen LogP contribution < -0.4 is 9.64 Å². The highest BCUT2D eigenvalue weighted by molar-refractivity contribution is 5.67. The largest absolute Gasteiger partial charge is 0.494 e. The van der Waals surface area contributed by atoms with Gasteiger partial charge in [-0.3, -0.25) is 4.90 Å². The van der Waals surface area contributed by atoms with Crippen LogP contribution in [0.2, 0.25) is 0 Å². The zero-order valence-electron chi connectivity index (χ0n) is 16.2. The van der Waals surface area contributed by atoms with E-state index in [1.54, 1.807) is 20.4 Å². The zero-order valence-corrected chi connectivity index (χ0v) is 16.2. The molecule has 0 saturated carbocycles. The maximum Gasteiger partial charge on any atom is 0.407 e. The molecule has 2 aromatic rings. The quantitative estimate of drug-likeness (QED) is 0.865. The maximum absolute atomic E-state index is 11.5. The summed E-state index contributed by atoms with van der Waals surface area (Å²) in [4.78, 5) is 19.6. The number of pyridine rings is 1. The Labute approximate surface area is 158 Å². The molecule has 3 rings (SSSR count).